The molecule has 0 saturated heterocycles. The van der Waals surface area contributed by atoms with E-state index >= 15 is 0 Å². The molecule has 0 aliphatic rings. The normalized spacial score (nSPS) is 11.6. The van der Waals surface area contributed by atoms with Crippen LogP contribution < -0.4 is 51.4 Å². The molecule has 0 bridgehead atoms. The first-order valence-electron chi connectivity index (χ1n) is 27.6. The van der Waals surface area contributed by atoms with E-state index in [1.807, 2.05) is 0 Å². The average Bonchev–Trinajstić information content (AvgIpc) is 3.41. The molecule has 386 valence electrons. The van der Waals surface area contributed by atoms with E-state index in [1.165, 1.54) is 132 Å². The summed E-state index contributed by atoms with van der Waals surface area (Å²) >= 11 is 0. The van der Waals surface area contributed by atoms with E-state index in [9.17, 15) is 0 Å². The molecule has 0 aromatic heterocycles. The highest BCUT2D eigenvalue weighted by Crippen LogP contribution is 2.48. The van der Waals surface area contributed by atoms with Gasteiger partial charge in [-0.15, -0.1) is 0 Å². The number of aryl methyl sites for hydroxylation is 8. The van der Waals surface area contributed by atoms with Crippen molar-refractivity contribution in [3.63, 3.8) is 0 Å². The van der Waals surface area contributed by atoms with E-state index in [4.69, 9.17) is 0 Å². The molecule has 74 heavy (non-hydrogen) atoms. The van der Waals surface area contributed by atoms with Crippen molar-refractivity contribution in [2.75, 3.05) is 76.0 Å². The lowest BCUT2D eigenvalue weighted by Gasteiger charge is -2.32. The monoisotopic (exact) mass is 1020 g/mol. The highest BCUT2D eigenvalue weighted by molar-refractivity contribution is 7.81. The van der Waals surface area contributed by atoms with Crippen LogP contribution in [0.25, 0.3) is 32.7 Å². The largest absolute Gasteiger partial charge is 0.377 e. The maximum Gasteiger partial charge on any atom is 0.0426 e. The third kappa shape index (κ3) is 10.2. The van der Waals surface area contributed by atoms with Crippen LogP contribution in [-0.2, 0) is 51.4 Å². The second-order valence-corrected chi connectivity index (χ2v) is 25.3. The average molecular weight is 1020 g/mol. The highest BCUT2D eigenvalue weighted by atomic mass is 31.1. The molecule has 0 aliphatic carbocycles. The lowest BCUT2D eigenvalue weighted by molar-refractivity contribution is 1.02. The number of hydrogen-bond acceptors (Lipinski definition) is 4. The number of fused-ring (bicyclic) bond motifs is 2. The fourth-order valence-electron chi connectivity index (χ4n) is 12.2. The molecule has 6 heteroatoms. The van der Waals surface area contributed by atoms with Crippen molar-refractivity contribution < 1.29 is 0 Å². The summed E-state index contributed by atoms with van der Waals surface area (Å²) in [6.45, 7) is 18.7. The van der Waals surface area contributed by atoms with Crippen molar-refractivity contribution >= 4 is 92.0 Å². The molecule has 0 N–H and O–H groups in total. The Morgan fingerprint density at radius 1 is 0.284 bits per heavy atom. The Bertz CT molecular complexity index is 2850. The standard InChI is InChI=1S/C68H84N4P2/c1-17-45-37-55(38-46(18-2)65(45)69(9)10)73(56-39-47(19-3)66(70(11)12)48(20-4)40-56)61-35-33-53-29-25-27-31-59(53)63(61)64-60-32-28-26-30-54(60)34-36-62(64)74(57-41-49(21-5)67(71(13)14)50(22-6)42-57)58-43-51(23-7)68(72(15)16)52(24-8)44-58/h25-44H,17-24H2,1-16H3. The van der Waals surface area contributed by atoms with Crippen LogP contribution in [0.3, 0.4) is 0 Å². The molecule has 0 aliphatic heterocycles. The van der Waals surface area contributed by atoms with Crippen LogP contribution in [0.4, 0.5) is 22.7 Å². The molecule has 0 spiro atoms. The molecule has 0 heterocycles. The molecule has 8 rings (SSSR count). The van der Waals surface area contributed by atoms with Crippen molar-refractivity contribution in [1.82, 2.24) is 0 Å². The Balaban J connectivity index is 1.61. The zero-order valence-electron chi connectivity index (χ0n) is 47.9. The van der Waals surface area contributed by atoms with E-state index < -0.39 is 15.8 Å². The van der Waals surface area contributed by atoms with Crippen LogP contribution in [0, 0.1) is 0 Å². The molecule has 0 saturated carbocycles. The third-order valence-electron chi connectivity index (χ3n) is 15.4. The quantitative estimate of drug-likeness (QED) is 0.0748. The summed E-state index contributed by atoms with van der Waals surface area (Å²) in [5, 5.41) is 13.8. The summed E-state index contributed by atoms with van der Waals surface area (Å²) in [6.07, 6.45) is 7.76. The smallest absolute Gasteiger partial charge is 0.0426 e. The predicted molar refractivity (Wildman–Crippen MR) is 337 cm³/mol. The van der Waals surface area contributed by atoms with Crippen LogP contribution in [0.2, 0.25) is 0 Å². The van der Waals surface area contributed by atoms with Crippen molar-refractivity contribution in [2.24, 2.45) is 0 Å². The lowest BCUT2D eigenvalue weighted by Crippen LogP contribution is -2.29. The fourth-order valence-corrected chi connectivity index (χ4v) is 17.6. The van der Waals surface area contributed by atoms with Gasteiger partial charge >= 0.3 is 0 Å². The number of nitrogens with zero attached hydrogens (tertiary/aromatic N) is 4. The molecule has 0 radical (unpaired) electrons. The minimum Gasteiger partial charge on any atom is -0.377 e. The number of benzene rings is 8. The Labute approximate surface area is 449 Å². The van der Waals surface area contributed by atoms with Crippen molar-refractivity contribution in [3.8, 4) is 11.1 Å². The predicted octanol–water partition coefficient (Wildman–Crippen LogP) is 13.9. The van der Waals surface area contributed by atoms with Crippen LogP contribution in [0.1, 0.15) is 99.9 Å². The van der Waals surface area contributed by atoms with Crippen LogP contribution in [0.15, 0.2) is 121 Å². The van der Waals surface area contributed by atoms with Gasteiger partial charge in [-0.25, -0.2) is 0 Å². The molecule has 8 aromatic carbocycles. The zero-order valence-corrected chi connectivity index (χ0v) is 49.7. The van der Waals surface area contributed by atoms with Crippen molar-refractivity contribution in [1.29, 1.82) is 0 Å². The molecule has 8 aromatic rings. The first-order valence-corrected chi connectivity index (χ1v) is 30.3. The minimum atomic E-state index is -1.11. The van der Waals surface area contributed by atoms with Crippen molar-refractivity contribution in [3.05, 3.63) is 166 Å². The van der Waals surface area contributed by atoms with Gasteiger partial charge in [-0.3, -0.25) is 0 Å². The summed E-state index contributed by atoms with van der Waals surface area (Å²) in [5.41, 5.74) is 19.6. The first-order chi connectivity index (χ1) is 35.7. The molecule has 0 amide bonds. The fraction of sp³-hybridized carbons (Fsp3) is 0.353. The van der Waals surface area contributed by atoms with Gasteiger partial charge in [-0.05, 0) is 225 Å². The highest BCUT2D eigenvalue weighted by Gasteiger charge is 2.32. The van der Waals surface area contributed by atoms with Gasteiger partial charge in [0.25, 0.3) is 0 Å². The maximum absolute atomic E-state index is 2.60. The van der Waals surface area contributed by atoms with Crippen LogP contribution in [0.5, 0.6) is 0 Å². The Kier molecular flexibility index (Phi) is 17.3. The number of rotatable bonds is 19. The minimum absolute atomic E-state index is 0.970. The van der Waals surface area contributed by atoms with Gasteiger partial charge in [0, 0.05) is 79.1 Å². The Morgan fingerprint density at radius 2 is 0.500 bits per heavy atom. The Morgan fingerprint density at radius 3 is 0.703 bits per heavy atom. The second kappa shape index (κ2) is 23.5. The Hall–Kier alpha value is -5.66. The molecule has 4 nitrogen and oxygen atoms in total. The van der Waals surface area contributed by atoms with Gasteiger partial charge in [0.15, 0.2) is 0 Å². The third-order valence-corrected chi connectivity index (χ3v) is 20.2. The molecular formula is C68H84N4P2. The zero-order chi connectivity index (χ0) is 53.1. The van der Waals surface area contributed by atoms with Gasteiger partial charge in [0.05, 0.1) is 0 Å². The topological polar surface area (TPSA) is 13.0 Å². The molecular weight excluding hydrogens is 935 g/mol. The summed E-state index contributed by atoms with van der Waals surface area (Å²) in [5.74, 6) is 0. The van der Waals surface area contributed by atoms with E-state index in [-0.39, 0.29) is 0 Å². The number of hydrogen-bond donors (Lipinski definition) is 0. The summed E-state index contributed by atoms with van der Waals surface area (Å²) in [7, 11) is 15.6. The molecule has 0 unspecified atom stereocenters. The SMILES string of the molecule is CCc1cc(P(c2cc(CC)c(N(C)C)c(CC)c2)c2ccc3ccccc3c2-c2c(P(c3cc(CC)c(N(C)C)c(CC)c3)c3cc(CC)c(N(C)C)c(CC)c3)ccc3ccccc23)cc(CC)c1N(C)C. The van der Waals surface area contributed by atoms with E-state index in [2.05, 4.69) is 253 Å². The molecule has 0 atom stereocenters. The van der Waals surface area contributed by atoms with Crippen LogP contribution in [-0.4, -0.2) is 56.4 Å². The van der Waals surface area contributed by atoms with Crippen LogP contribution >= 0.6 is 15.8 Å². The van der Waals surface area contributed by atoms with Gasteiger partial charge in [-0.1, -0.05) is 128 Å². The molecule has 0 fully saturated rings. The van der Waals surface area contributed by atoms with Gasteiger partial charge in [0.1, 0.15) is 0 Å². The van der Waals surface area contributed by atoms with E-state index in [1.54, 1.807) is 0 Å². The van der Waals surface area contributed by atoms with E-state index in [0.717, 1.165) is 51.4 Å². The maximum atomic E-state index is 2.60. The lowest BCUT2D eigenvalue weighted by atomic mass is 9.93. The number of anilines is 4. The summed E-state index contributed by atoms with van der Waals surface area (Å²) in [4.78, 5) is 9.41. The second-order valence-electron chi connectivity index (χ2n) is 20.9. The van der Waals surface area contributed by atoms with Gasteiger partial charge in [0.2, 0.25) is 0 Å². The van der Waals surface area contributed by atoms with Crippen molar-refractivity contribution in [2.45, 2.75) is 107 Å². The van der Waals surface area contributed by atoms with E-state index in [0.29, 0.717) is 0 Å². The van der Waals surface area contributed by atoms with Gasteiger partial charge in [-0.2, -0.15) is 0 Å². The summed E-state index contributed by atoms with van der Waals surface area (Å²) < 4.78 is 0. The first kappa shape index (κ1) is 54.6. The summed E-state index contributed by atoms with van der Waals surface area (Å²) in [6, 6.07) is 49.3. The van der Waals surface area contributed by atoms with Gasteiger partial charge < -0.3 is 19.6 Å².